The number of para-hydroxylation sites is 1. The molecule has 1 amide bonds. The van der Waals surface area contributed by atoms with Crippen molar-refractivity contribution in [2.75, 3.05) is 6.61 Å². The molecule has 0 saturated carbocycles. The van der Waals surface area contributed by atoms with Crippen molar-refractivity contribution < 1.29 is 23.1 Å². The number of sulfonamides is 1. The summed E-state index contributed by atoms with van der Waals surface area (Å²) in [6.07, 6.45) is 3.05. The molecule has 9 nitrogen and oxygen atoms in total. The highest BCUT2D eigenvalue weighted by atomic mass is 32.2. The standard InChI is InChI=1S/C20H16N4O5S/c25-15-8-9-17(14-6-3-11-22-20(14)15)30(27,28)24-23-18(26)12-29-16-7-1-4-13-5-2-10-21-19(13)16/h1-11,24-25H,12H2,(H,23,26). The number of nitrogens with one attached hydrogen (secondary N) is 2. The molecule has 2 heterocycles. The number of phenols is 1. The number of amides is 1. The summed E-state index contributed by atoms with van der Waals surface area (Å²) in [5, 5.41) is 10.9. The molecule has 152 valence electrons. The molecular weight excluding hydrogens is 408 g/mol. The Balaban J connectivity index is 1.45. The number of hydrogen-bond donors (Lipinski definition) is 3. The van der Waals surface area contributed by atoms with E-state index in [9.17, 15) is 18.3 Å². The second-order valence-corrected chi connectivity index (χ2v) is 7.91. The lowest BCUT2D eigenvalue weighted by Crippen LogP contribution is -2.43. The smallest absolute Gasteiger partial charge is 0.272 e. The van der Waals surface area contributed by atoms with Crippen molar-refractivity contribution >= 4 is 37.7 Å². The lowest BCUT2D eigenvalue weighted by molar-refractivity contribution is -0.123. The Hall–Kier alpha value is -3.76. The second-order valence-electron chi connectivity index (χ2n) is 6.26. The quantitative estimate of drug-likeness (QED) is 0.403. The Labute approximate surface area is 171 Å². The molecule has 0 atom stereocenters. The molecule has 0 bridgehead atoms. The zero-order valence-electron chi connectivity index (χ0n) is 15.4. The van der Waals surface area contributed by atoms with Crippen LogP contribution < -0.4 is 15.0 Å². The predicted octanol–water partition coefficient (Wildman–Crippen LogP) is 1.88. The van der Waals surface area contributed by atoms with Crippen molar-refractivity contribution in [1.29, 1.82) is 0 Å². The zero-order chi connectivity index (χ0) is 21.1. The van der Waals surface area contributed by atoms with Crippen LogP contribution in [0.3, 0.4) is 0 Å². The molecule has 30 heavy (non-hydrogen) atoms. The van der Waals surface area contributed by atoms with Gasteiger partial charge in [0.15, 0.2) is 6.61 Å². The lowest BCUT2D eigenvalue weighted by atomic mass is 10.2. The summed E-state index contributed by atoms with van der Waals surface area (Å²) in [7, 11) is -4.12. The van der Waals surface area contributed by atoms with Crippen LogP contribution in [0.2, 0.25) is 0 Å². The van der Waals surface area contributed by atoms with Gasteiger partial charge < -0.3 is 9.84 Å². The minimum atomic E-state index is -4.12. The third-order valence-corrected chi connectivity index (χ3v) is 5.58. The third-order valence-electron chi connectivity index (χ3n) is 4.28. The summed E-state index contributed by atoms with van der Waals surface area (Å²) in [5.74, 6) is -0.444. The molecule has 0 aliphatic carbocycles. The number of aromatic hydroxyl groups is 1. The van der Waals surface area contributed by atoms with E-state index in [0.717, 1.165) is 5.39 Å². The topological polar surface area (TPSA) is 131 Å². The van der Waals surface area contributed by atoms with Gasteiger partial charge in [0.25, 0.3) is 15.9 Å². The molecule has 0 aliphatic heterocycles. The van der Waals surface area contributed by atoms with Crippen LogP contribution in [-0.4, -0.2) is 36.0 Å². The fourth-order valence-electron chi connectivity index (χ4n) is 2.92. The van der Waals surface area contributed by atoms with Crippen LogP contribution >= 0.6 is 0 Å². The van der Waals surface area contributed by atoms with Crippen LogP contribution in [0, 0.1) is 0 Å². The van der Waals surface area contributed by atoms with Gasteiger partial charge in [-0.1, -0.05) is 18.2 Å². The molecule has 0 fully saturated rings. The number of benzene rings is 2. The van der Waals surface area contributed by atoms with Crippen molar-refractivity contribution in [3.63, 3.8) is 0 Å². The fraction of sp³-hybridized carbons (Fsp3) is 0.0500. The van der Waals surface area contributed by atoms with Crippen LogP contribution in [0.15, 0.2) is 71.9 Å². The van der Waals surface area contributed by atoms with Crippen LogP contribution in [0.4, 0.5) is 0 Å². The number of fused-ring (bicyclic) bond motifs is 2. The van der Waals surface area contributed by atoms with Gasteiger partial charge in [-0.15, -0.1) is 4.83 Å². The number of phenolic OH excluding ortho intramolecular Hbond substituents is 1. The van der Waals surface area contributed by atoms with E-state index in [1.165, 1.54) is 24.4 Å². The van der Waals surface area contributed by atoms with Crippen molar-refractivity contribution in [2.45, 2.75) is 4.90 Å². The van der Waals surface area contributed by atoms with Crippen molar-refractivity contribution in [3.05, 3.63) is 67.0 Å². The Kier molecular flexibility index (Phi) is 5.17. The van der Waals surface area contributed by atoms with Gasteiger partial charge in [-0.05, 0) is 36.4 Å². The monoisotopic (exact) mass is 424 g/mol. The van der Waals surface area contributed by atoms with Crippen molar-refractivity contribution in [1.82, 2.24) is 20.2 Å². The average Bonchev–Trinajstić information content (AvgIpc) is 2.76. The number of rotatable bonds is 6. The van der Waals surface area contributed by atoms with Crippen LogP contribution in [0.5, 0.6) is 11.5 Å². The Morgan fingerprint density at radius 1 is 0.967 bits per heavy atom. The van der Waals surface area contributed by atoms with E-state index in [1.54, 1.807) is 30.5 Å². The zero-order valence-corrected chi connectivity index (χ0v) is 16.3. The maximum Gasteiger partial charge on any atom is 0.272 e. The maximum atomic E-state index is 12.6. The van der Waals surface area contributed by atoms with Gasteiger partial charge in [0.05, 0.1) is 4.90 Å². The van der Waals surface area contributed by atoms with Gasteiger partial charge in [0.1, 0.15) is 22.5 Å². The maximum absolute atomic E-state index is 12.6. The largest absolute Gasteiger partial charge is 0.506 e. The lowest BCUT2D eigenvalue weighted by Gasteiger charge is -2.12. The van der Waals surface area contributed by atoms with Crippen LogP contribution in [-0.2, 0) is 14.8 Å². The van der Waals surface area contributed by atoms with E-state index >= 15 is 0 Å². The van der Waals surface area contributed by atoms with Gasteiger partial charge in [-0.3, -0.25) is 20.2 Å². The Morgan fingerprint density at radius 3 is 2.53 bits per heavy atom. The number of ether oxygens (including phenoxy) is 1. The molecule has 4 aromatic rings. The van der Waals surface area contributed by atoms with Crippen molar-refractivity contribution in [2.24, 2.45) is 0 Å². The van der Waals surface area contributed by atoms with E-state index in [2.05, 4.69) is 15.4 Å². The molecule has 0 saturated heterocycles. The molecular formula is C20H16N4O5S. The summed E-state index contributed by atoms with van der Waals surface area (Å²) in [5.41, 5.74) is 2.85. The van der Waals surface area contributed by atoms with Gasteiger partial charge in [-0.25, -0.2) is 8.42 Å². The van der Waals surface area contributed by atoms with Crippen LogP contribution in [0.1, 0.15) is 0 Å². The highest BCUT2D eigenvalue weighted by Gasteiger charge is 2.20. The molecule has 10 heteroatoms. The van der Waals surface area contributed by atoms with Gasteiger partial charge >= 0.3 is 0 Å². The predicted molar refractivity (Wildman–Crippen MR) is 109 cm³/mol. The Bertz CT molecular complexity index is 1350. The van der Waals surface area contributed by atoms with Crippen LogP contribution in [0.25, 0.3) is 21.8 Å². The molecule has 2 aromatic heterocycles. The number of aromatic nitrogens is 2. The summed E-state index contributed by atoms with van der Waals surface area (Å²) >= 11 is 0. The number of carbonyl (C=O) groups is 1. The first-order chi connectivity index (χ1) is 14.5. The molecule has 0 unspecified atom stereocenters. The summed E-state index contributed by atoms with van der Waals surface area (Å²) in [6, 6.07) is 14.5. The SMILES string of the molecule is O=C(COc1cccc2cccnc12)NNS(=O)(=O)c1ccc(O)c2ncccc12. The number of pyridine rings is 2. The first kappa shape index (κ1) is 19.6. The summed E-state index contributed by atoms with van der Waals surface area (Å²) in [6.45, 7) is -0.421. The highest BCUT2D eigenvalue weighted by molar-refractivity contribution is 7.89. The van der Waals surface area contributed by atoms with E-state index in [-0.39, 0.29) is 21.5 Å². The minimum Gasteiger partial charge on any atom is -0.506 e. The normalized spacial score (nSPS) is 11.5. The third kappa shape index (κ3) is 3.86. The molecule has 2 aromatic carbocycles. The molecule has 0 aliphatic rings. The van der Waals surface area contributed by atoms with Crippen molar-refractivity contribution in [3.8, 4) is 11.5 Å². The number of carbonyl (C=O) groups excluding carboxylic acids is 1. The van der Waals surface area contributed by atoms with E-state index in [1.807, 2.05) is 17.0 Å². The van der Waals surface area contributed by atoms with Gasteiger partial charge in [-0.2, -0.15) is 0 Å². The number of hydrogen-bond acceptors (Lipinski definition) is 7. The first-order valence-corrected chi connectivity index (χ1v) is 10.3. The van der Waals surface area contributed by atoms with Gasteiger partial charge in [0, 0.05) is 23.2 Å². The molecule has 4 rings (SSSR count). The number of nitrogens with zero attached hydrogens (tertiary/aromatic N) is 2. The van der Waals surface area contributed by atoms with Gasteiger partial charge in [0.2, 0.25) is 0 Å². The minimum absolute atomic E-state index is 0.136. The molecule has 0 radical (unpaired) electrons. The Morgan fingerprint density at radius 2 is 1.70 bits per heavy atom. The molecule has 0 spiro atoms. The first-order valence-electron chi connectivity index (χ1n) is 8.79. The average molecular weight is 424 g/mol. The summed E-state index contributed by atoms with van der Waals surface area (Å²) < 4.78 is 30.7. The molecule has 3 N–H and O–H groups in total. The fourth-order valence-corrected chi connectivity index (χ4v) is 3.98. The van der Waals surface area contributed by atoms with E-state index in [0.29, 0.717) is 11.3 Å². The second kappa shape index (κ2) is 7.93. The summed E-state index contributed by atoms with van der Waals surface area (Å²) in [4.78, 5) is 22.2. The number of hydrazine groups is 1. The van der Waals surface area contributed by atoms with E-state index < -0.39 is 22.5 Å². The van der Waals surface area contributed by atoms with E-state index in [4.69, 9.17) is 4.74 Å². The highest BCUT2D eigenvalue weighted by Crippen LogP contribution is 2.28.